The first-order chi connectivity index (χ1) is 22.8. The Bertz CT molecular complexity index is 1890. The van der Waals surface area contributed by atoms with Gasteiger partial charge in [-0.1, -0.05) is 0 Å². The summed E-state index contributed by atoms with van der Waals surface area (Å²) < 4.78 is 31.0. The Morgan fingerprint density at radius 2 is 1.69 bits per heavy atom. The van der Waals surface area contributed by atoms with Gasteiger partial charge in [0.15, 0.2) is 0 Å². The summed E-state index contributed by atoms with van der Waals surface area (Å²) in [5.74, 6) is -1.66. The van der Waals surface area contributed by atoms with Crippen molar-refractivity contribution in [2.75, 3.05) is 49.9 Å². The standard InChI is InChI=1S/C34H38FN5O8/c1-34(2,3)48-33(45)38-14-13-37-29-24-15-21(35)16-25(36-4)28(24)39-30(41)27(29)31(42)40(22-10-7-19(8-11-22)32(43)44)18-20-9-12-23(46-5)17-26(20)47-6/h7-12,15-17,36H,13-14,18H2,1-6H3,(H,38,45)(H,43,44)(H2,37,39,41). The highest BCUT2D eigenvalue weighted by Crippen LogP contribution is 2.33. The number of methoxy groups -OCH3 is 2. The van der Waals surface area contributed by atoms with Crippen LogP contribution in [0.4, 0.5) is 26.2 Å². The van der Waals surface area contributed by atoms with E-state index in [2.05, 4.69) is 20.9 Å². The van der Waals surface area contributed by atoms with Gasteiger partial charge in [0.1, 0.15) is 28.5 Å². The quantitative estimate of drug-likeness (QED) is 0.127. The molecule has 13 nitrogen and oxygen atoms in total. The number of pyridine rings is 1. The monoisotopic (exact) mass is 663 g/mol. The normalized spacial score (nSPS) is 11.1. The number of ether oxygens (including phenoxy) is 3. The summed E-state index contributed by atoms with van der Waals surface area (Å²) in [6.07, 6.45) is -0.663. The number of aromatic nitrogens is 1. The van der Waals surface area contributed by atoms with E-state index in [-0.39, 0.29) is 58.7 Å². The minimum absolute atomic E-state index is 0.00774. The fourth-order valence-electron chi connectivity index (χ4n) is 4.97. The SMILES string of the molecule is CNc1cc(F)cc2c(NCCNC(=O)OC(C)(C)C)c(C(=O)N(Cc3ccc(OC)cc3OC)c3ccc(C(=O)O)cc3)c(=O)[nH]c12. The first-order valence-electron chi connectivity index (χ1n) is 14.9. The largest absolute Gasteiger partial charge is 0.497 e. The minimum atomic E-state index is -1.16. The predicted molar refractivity (Wildman–Crippen MR) is 180 cm³/mol. The minimum Gasteiger partial charge on any atom is -0.497 e. The van der Waals surface area contributed by atoms with Crippen molar-refractivity contribution in [3.05, 3.63) is 87.5 Å². The number of anilines is 3. The summed E-state index contributed by atoms with van der Waals surface area (Å²) in [7, 11) is 4.52. The number of nitrogens with one attached hydrogen (secondary N) is 4. The third kappa shape index (κ3) is 8.13. The third-order valence-corrected chi connectivity index (χ3v) is 7.16. The smallest absolute Gasteiger partial charge is 0.407 e. The lowest BCUT2D eigenvalue weighted by Crippen LogP contribution is -2.37. The molecule has 0 saturated carbocycles. The maximum atomic E-state index is 14.9. The highest BCUT2D eigenvalue weighted by molar-refractivity contribution is 6.14. The number of hydrogen-bond acceptors (Lipinski definition) is 9. The summed E-state index contributed by atoms with van der Waals surface area (Å²) >= 11 is 0. The molecule has 2 amide bonds. The van der Waals surface area contributed by atoms with Crippen molar-refractivity contribution in [2.45, 2.75) is 32.9 Å². The second-order valence-electron chi connectivity index (χ2n) is 11.6. The molecule has 0 bridgehead atoms. The molecule has 0 aliphatic carbocycles. The summed E-state index contributed by atoms with van der Waals surface area (Å²) in [6.45, 7) is 5.13. The first kappa shape index (κ1) is 35.1. The average Bonchev–Trinajstić information content (AvgIpc) is 3.04. The third-order valence-electron chi connectivity index (χ3n) is 7.16. The van der Waals surface area contributed by atoms with Crippen LogP contribution in [0.5, 0.6) is 11.5 Å². The van der Waals surface area contributed by atoms with Crippen molar-refractivity contribution in [3.63, 3.8) is 0 Å². The summed E-state index contributed by atoms with van der Waals surface area (Å²) in [4.78, 5) is 56.2. The highest BCUT2D eigenvalue weighted by atomic mass is 19.1. The van der Waals surface area contributed by atoms with Crippen LogP contribution in [0.3, 0.4) is 0 Å². The molecule has 0 aliphatic heterocycles. The van der Waals surface area contributed by atoms with Crippen LogP contribution in [0.15, 0.2) is 59.4 Å². The molecule has 0 saturated heterocycles. The number of rotatable bonds is 12. The average molecular weight is 664 g/mol. The number of amides is 2. The molecule has 14 heteroatoms. The number of carboxylic acid groups (broad SMARTS) is 1. The van der Waals surface area contributed by atoms with Gasteiger partial charge in [0.2, 0.25) is 0 Å². The van der Waals surface area contributed by atoms with Gasteiger partial charge in [0.05, 0.1) is 43.2 Å². The van der Waals surface area contributed by atoms with Crippen molar-refractivity contribution in [3.8, 4) is 11.5 Å². The van der Waals surface area contributed by atoms with Crippen LogP contribution in [0.25, 0.3) is 10.9 Å². The zero-order valence-corrected chi connectivity index (χ0v) is 27.4. The number of benzene rings is 3. The van der Waals surface area contributed by atoms with E-state index < -0.39 is 34.9 Å². The zero-order valence-electron chi connectivity index (χ0n) is 27.4. The number of fused-ring (bicyclic) bond motifs is 1. The number of carbonyl (C=O) groups is 3. The number of H-pyrrole nitrogens is 1. The van der Waals surface area contributed by atoms with Gasteiger partial charge < -0.3 is 45.2 Å². The molecule has 3 aromatic carbocycles. The number of nitrogens with zero attached hydrogens (tertiary/aromatic N) is 1. The number of hydrogen-bond donors (Lipinski definition) is 5. The lowest BCUT2D eigenvalue weighted by Gasteiger charge is -2.26. The molecule has 4 aromatic rings. The van der Waals surface area contributed by atoms with Crippen molar-refractivity contribution < 1.29 is 38.1 Å². The molecule has 254 valence electrons. The predicted octanol–water partition coefficient (Wildman–Crippen LogP) is 5.21. The van der Waals surface area contributed by atoms with Gasteiger partial charge in [0, 0.05) is 42.8 Å². The van der Waals surface area contributed by atoms with Crippen molar-refractivity contribution in [1.82, 2.24) is 10.3 Å². The lowest BCUT2D eigenvalue weighted by molar-refractivity contribution is 0.0529. The van der Waals surface area contributed by atoms with E-state index in [4.69, 9.17) is 14.2 Å². The van der Waals surface area contributed by atoms with E-state index >= 15 is 0 Å². The molecular weight excluding hydrogens is 625 g/mol. The number of aromatic amines is 1. The van der Waals surface area contributed by atoms with Gasteiger partial charge in [-0.15, -0.1) is 0 Å². The van der Waals surface area contributed by atoms with Crippen LogP contribution in [0.2, 0.25) is 0 Å². The first-order valence-corrected chi connectivity index (χ1v) is 14.9. The Labute approximate surface area is 276 Å². The molecule has 1 aromatic heterocycles. The van der Waals surface area contributed by atoms with E-state index in [9.17, 15) is 28.7 Å². The van der Waals surface area contributed by atoms with Crippen LogP contribution in [0, 0.1) is 5.82 Å². The fraction of sp³-hybridized carbons (Fsp3) is 0.294. The Balaban J connectivity index is 1.85. The molecule has 0 fully saturated rings. The highest BCUT2D eigenvalue weighted by Gasteiger charge is 2.28. The second-order valence-corrected chi connectivity index (χ2v) is 11.6. The summed E-state index contributed by atoms with van der Waals surface area (Å²) in [5.41, 5.74) is -0.478. The molecule has 0 atom stereocenters. The van der Waals surface area contributed by atoms with Crippen LogP contribution in [-0.4, -0.2) is 68.0 Å². The zero-order chi connectivity index (χ0) is 35.2. The number of alkyl carbamates (subject to hydrolysis) is 1. The van der Waals surface area contributed by atoms with Crippen LogP contribution < -0.4 is 35.9 Å². The van der Waals surface area contributed by atoms with Crippen molar-refractivity contribution >= 4 is 45.9 Å². The molecule has 5 N–H and O–H groups in total. The Kier molecular flexibility index (Phi) is 10.8. The summed E-state index contributed by atoms with van der Waals surface area (Å²) in [5, 5.41) is 18.2. The second kappa shape index (κ2) is 14.8. The maximum absolute atomic E-state index is 14.9. The van der Waals surface area contributed by atoms with Crippen molar-refractivity contribution in [1.29, 1.82) is 0 Å². The van der Waals surface area contributed by atoms with Gasteiger partial charge >= 0.3 is 12.1 Å². The maximum Gasteiger partial charge on any atom is 0.407 e. The van der Waals surface area contributed by atoms with Gasteiger partial charge in [-0.05, 0) is 69.3 Å². The topological polar surface area (TPSA) is 171 Å². The van der Waals surface area contributed by atoms with Gasteiger partial charge in [-0.2, -0.15) is 0 Å². The number of halogens is 1. The molecule has 0 spiro atoms. The van der Waals surface area contributed by atoms with Gasteiger partial charge in [0.25, 0.3) is 11.5 Å². The van der Waals surface area contributed by atoms with E-state index in [1.54, 1.807) is 46.0 Å². The van der Waals surface area contributed by atoms with E-state index in [0.29, 0.717) is 17.1 Å². The number of carbonyl (C=O) groups excluding carboxylic acids is 2. The van der Waals surface area contributed by atoms with Gasteiger partial charge in [-0.3, -0.25) is 9.59 Å². The molecule has 0 unspecified atom stereocenters. The van der Waals surface area contributed by atoms with Gasteiger partial charge in [-0.25, -0.2) is 14.0 Å². The number of aromatic carboxylic acids is 1. The Hall–Kier alpha value is -5.79. The molecule has 1 heterocycles. The Morgan fingerprint density at radius 1 is 0.979 bits per heavy atom. The lowest BCUT2D eigenvalue weighted by atomic mass is 10.0. The van der Waals surface area contributed by atoms with E-state index in [1.165, 1.54) is 55.5 Å². The number of carboxylic acids is 1. The molecule has 0 aliphatic rings. The van der Waals surface area contributed by atoms with E-state index in [0.717, 1.165) is 0 Å². The molecule has 0 radical (unpaired) electrons. The molecule has 48 heavy (non-hydrogen) atoms. The molecule has 4 rings (SSSR count). The summed E-state index contributed by atoms with van der Waals surface area (Å²) in [6, 6.07) is 13.0. The van der Waals surface area contributed by atoms with Crippen LogP contribution in [0.1, 0.15) is 47.1 Å². The fourth-order valence-corrected chi connectivity index (χ4v) is 4.97. The Morgan fingerprint density at radius 3 is 2.29 bits per heavy atom. The molecular formula is C34H38FN5O8. The van der Waals surface area contributed by atoms with Crippen molar-refractivity contribution in [2.24, 2.45) is 0 Å². The van der Waals surface area contributed by atoms with Crippen LogP contribution in [-0.2, 0) is 11.3 Å². The van der Waals surface area contributed by atoms with Crippen LogP contribution >= 0.6 is 0 Å². The van der Waals surface area contributed by atoms with E-state index in [1.807, 2.05) is 0 Å².